The first-order valence-electron chi connectivity index (χ1n) is 10.4. The van der Waals surface area contributed by atoms with Crippen molar-refractivity contribution in [3.63, 3.8) is 0 Å². The Bertz CT molecular complexity index is 1320. The van der Waals surface area contributed by atoms with Crippen LogP contribution in [-0.4, -0.2) is 16.7 Å². The topological polar surface area (TPSA) is 80.5 Å². The normalized spacial score (nSPS) is 27.2. The van der Waals surface area contributed by atoms with E-state index < -0.39 is 27.5 Å². The predicted molar refractivity (Wildman–Crippen MR) is 119 cm³/mol. The first-order chi connectivity index (χ1) is 15.4. The Labute approximate surface area is 188 Å². The fraction of sp³-hybridized carbons (Fsp3) is 0.200. The Hall–Kier alpha value is -3.51. The van der Waals surface area contributed by atoms with Gasteiger partial charge >= 0.3 is 0 Å². The number of halogens is 1. The van der Waals surface area contributed by atoms with E-state index in [0.717, 1.165) is 27.2 Å². The number of hydrogen-bond acceptors (Lipinski definition) is 4. The molecule has 0 spiro atoms. The molecule has 2 bridgehead atoms. The average molecular weight is 445 g/mol. The monoisotopic (exact) mass is 444 g/mol. The molecule has 0 N–H and O–H groups in total. The summed E-state index contributed by atoms with van der Waals surface area (Å²) in [6.07, 6.45) is 0. The lowest BCUT2D eigenvalue weighted by Crippen LogP contribution is -2.50. The van der Waals surface area contributed by atoms with Crippen molar-refractivity contribution in [1.29, 1.82) is 0 Å². The van der Waals surface area contributed by atoms with Crippen LogP contribution < -0.4 is 4.90 Å². The van der Waals surface area contributed by atoms with E-state index >= 15 is 0 Å². The molecule has 2 atom stereocenters. The van der Waals surface area contributed by atoms with Crippen LogP contribution in [0.15, 0.2) is 66.7 Å². The molecule has 1 saturated heterocycles. The largest absolute Gasteiger partial charge is 0.274 e. The number of anilines is 1. The van der Waals surface area contributed by atoms with Gasteiger partial charge in [0.25, 0.3) is 5.69 Å². The maximum absolute atomic E-state index is 13.8. The fourth-order valence-corrected chi connectivity index (χ4v) is 6.44. The zero-order valence-electron chi connectivity index (χ0n) is 17.0. The minimum atomic E-state index is -1.18. The van der Waals surface area contributed by atoms with E-state index in [-0.39, 0.29) is 23.2 Å². The van der Waals surface area contributed by atoms with Gasteiger partial charge in [0.2, 0.25) is 11.8 Å². The molecule has 0 unspecified atom stereocenters. The number of nitro groups is 1. The Morgan fingerprint density at radius 1 is 0.938 bits per heavy atom. The van der Waals surface area contributed by atoms with Gasteiger partial charge in [-0.05, 0) is 34.7 Å². The second-order valence-electron chi connectivity index (χ2n) is 8.61. The molecule has 2 amide bonds. The number of hydrogen-bond donors (Lipinski definition) is 0. The first kappa shape index (κ1) is 19.2. The van der Waals surface area contributed by atoms with Crippen LogP contribution in [0.3, 0.4) is 0 Å². The molecule has 1 fully saturated rings. The SMILES string of the molecule is Cc1ccc([N+](=O)[O-])cc1N1C(=O)[C@@H]2C3c4ccccc4C(Cl)(c4ccccc43)[C@@H]2C1=O. The van der Waals surface area contributed by atoms with Crippen molar-refractivity contribution < 1.29 is 14.5 Å². The highest BCUT2D eigenvalue weighted by atomic mass is 35.5. The number of carbonyl (C=O) groups is 2. The molecule has 0 radical (unpaired) electrons. The Kier molecular flexibility index (Phi) is 3.76. The summed E-state index contributed by atoms with van der Waals surface area (Å²) in [4.78, 5) is 38.4. The highest BCUT2D eigenvalue weighted by molar-refractivity contribution is 6.33. The van der Waals surface area contributed by atoms with Crippen LogP contribution in [0, 0.1) is 28.9 Å². The second-order valence-corrected chi connectivity index (χ2v) is 9.20. The maximum Gasteiger partial charge on any atom is 0.271 e. The summed E-state index contributed by atoms with van der Waals surface area (Å²) in [5.74, 6) is -2.52. The molecule has 1 aliphatic heterocycles. The van der Waals surface area contributed by atoms with Crippen LogP contribution >= 0.6 is 11.6 Å². The van der Waals surface area contributed by atoms with Crippen molar-refractivity contribution in [3.05, 3.63) is 105 Å². The third-order valence-electron chi connectivity index (χ3n) is 7.16. The zero-order chi connectivity index (χ0) is 22.4. The fourth-order valence-electron chi connectivity index (χ4n) is 5.87. The average Bonchev–Trinajstić information content (AvgIpc) is 3.06. The third kappa shape index (κ3) is 2.15. The lowest BCUT2D eigenvalue weighted by Gasteiger charge is -2.50. The molecule has 7 rings (SSSR count). The zero-order valence-corrected chi connectivity index (χ0v) is 17.7. The first-order valence-corrected chi connectivity index (χ1v) is 10.7. The van der Waals surface area contributed by atoms with Gasteiger partial charge in [-0.3, -0.25) is 19.7 Å². The molecule has 0 aromatic heterocycles. The summed E-state index contributed by atoms with van der Waals surface area (Å²) in [5, 5.41) is 11.4. The molecule has 7 heteroatoms. The summed E-state index contributed by atoms with van der Waals surface area (Å²) in [7, 11) is 0. The Morgan fingerprint density at radius 3 is 2.12 bits per heavy atom. The number of nitrogens with zero attached hydrogens (tertiary/aromatic N) is 2. The summed E-state index contributed by atoms with van der Waals surface area (Å²) < 4.78 is 0. The number of benzene rings is 3. The van der Waals surface area contributed by atoms with Crippen molar-refractivity contribution in [2.45, 2.75) is 17.7 Å². The minimum Gasteiger partial charge on any atom is -0.274 e. The van der Waals surface area contributed by atoms with Crippen LogP contribution in [0.25, 0.3) is 0 Å². The van der Waals surface area contributed by atoms with Gasteiger partial charge in [-0.1, -0.05) is 54.6 Å². The molecular weight excluding hydrogens is 428 g/mol. The van der Waals surface area contributed by atoms with E-state index in [1.807, 2.05) is 48.5 Å². The summed E-state index contributed by atoms with van der Waals surface area (Å²) in [6.45, 7) is 1.73. The number of carbonyl (C=O) groups excluding carboxylic acids is 2. The lowest BCUT2D eigenvalue weighted by molar-refractivity contribution is -0.384. The van der Waals surface area contributed by atoms with Crippen molar-refractivity contribution >= 4 is 34.8 Å². The summed E-state index contributed by atoms with van der Waals surface area (Å²) in [5.41, 5.74) is 4.31. The van der Waals surface area contributed by atoms with E-state index in [4.69, 9.17) is 11.6 Å². The summed E-state index contributed by atoms with van der Waals surface area (Å²) >= 11 is 7.39. The Balaban J connectivity index is 1.60. The van der Waals surface area contributed by atoms with Crippen LogP contribution in [0.2, 0.25) is 0 Å². The van der Waals surface area contributed by atoms with Gasteiger partial charge in [0.1, 0.15) is 4.87 Å². The van der Waals surface area contributed by atoms with Crippen molar-refractivity contribution in [3.8, 4) is 0 Å². The van der Waals surface area contributed by atoms with Gasteiger partial charge in [0.05, 0.1) is 22.4 Å². The molecule has 158 valence electrons. The molecule has 6 nitrogen and oxygen atoms in total. The van der Waals surface area contributed by atoms with Crippen molar-refractivity contribution in [2.24, 2.45) is 11.8 Å². The predicted octanol–water partition coefficient (Wildman–Crippen LogP) is 4.65. The van der Waals surface area contributed by atoms with Crippen LogP contribution in [0.5, 0.6) is 0 Å². The van der Waals surface area contributed by atoms with E-state index in [9.17, 15) is 19.7 Å². The van der Waals surface area contributed by atoms with Crippen molar-refractivity contribution in [2.75, 3.05) is 4.90 Å². The number of amides is 2. The van der Waals surface area contributed by atoms with Crippen LogP contribution in [0.4, 0.5) is 11.4 Å². The molecule has 3 aromatic carbocycles. The lowest BCUT2D eigenvalue weighted by atomic mass is 9.54. The number of nitro benzene ring substituents is 1. The van der Waals surface area contributed by atoms with Gasteiger partial charge in [-0.2, -0.15) is 0 Å². The number of non-ortho nitro benzene ring substituents is 1. The summed E-state index contributed by atoms with van der Waals surface area (Å²) in [6, 6.07) is 19.7. The quantitative estimate of drug-likeness (QED) is 0.249. The maximum atomic E-state index is 13.8. The third-order valence-corrected chi connectivity index (χ3v) is 7.80. The molecular formula is C25H17ClN2O4. The van der Waals surface area contributed by atoms with Crippen molar-refractivity contribution in [1.82, 2.24) is 0 Å². The van der Waals surface area contributed by atoms with E-state index in [1.54, 1.807) is 13.0 Å². The standard InChI is InChI=1S/C25H17ClN2O4/c1-13-10-11-14(28(31)32)12-19(13)27-23(29)21-20-15-6-2-4-8-17(15)25(26,22(21)24(27)30)18-9-5-3-7-16(18)20/h2-12,20-22H,1H3/t20?,21-,22+,25?/m1/s1. The highest BCUT2D eigenvalue weighted by Gasteiger charge is 2.68. The highest BCUT2D eigenvalue weighted by Crippen LogP contribution is 2.66. The molecule has 1 heterocycles. The molecule has 0 saturated carbocycles. The van der Waals surface area contributed by atoms with Gasteiger partial charge in [-0.25, -0.2) is 4.90 Å². The number of aryl methyl sites for hydroxylation is 1. The van der Waals surface area contributed by atoms with Gasteiger partial charge < -0.3 is 0 Å². The van der Waals surface area contributed by atoms with E-state index in [2.05, 4.69) is 0 Å². The number of alkyl halides is 1. The van der Waals surface area contributed by atoms with Gasteiger partial charge in [0.15, 0.2) is 0 Å². The smallest absolute Gasteiger partial charge is 0.271 e. The molecule has 4 aliphatic rings. The molecule has 3 aromatic rings. The van der Waals surface area contributed by atoms with E-state index in [1.165, 1.54) is 12.1 Å². The van der Waals surface area contributed by atoms with Gasteiger partial charge in [0, 0.05) is 18.1 Å². The van der Waals surface area contributed by atoms with Gasteiger partial charge in [-0.15, -0.1) is 11.6 Å². The Morgan fingerprint density at radius 2 is 1.53 bits per heavy atom. The molecule has 32 heavy (non-hydrogen) atoms. The van der Waals surface area contributed by atoms with E-state index in [0.29, 0.717) is 5.56 Å². The van der Waals surface area contributed by atoms with Crippen LogP contribution in [0.1, 0.15) is 33.7 Å². The minimum absolute atomic E-state index is 0.170. The number of imide groups is 1. The number of rotatable bonds is 2. The van der Waals surface area contributed by atoms with Crippen LogP contribution in [-0.2, 0) is 14.5 Å². The molecule has 3 aliphatic carbocycles. The second kappa shape index (κ2) is 6.26.